The van der Waals surface area contributed by atoms with Gasteiger partial charge in [0.1, 0.15) is 10.6 Å². The largest absolute Gasteiger partial charge is 0.466 e. The Hall–Kier alpha value is -2.47. The van der Waals surface area contributed by atoms with Gasteiger partial charge >= 0.3 is 5.97 Å². The van der Waals surface area contributed by atoms with Crippen molar-refractivity contribution in [3.63, 3.8) is 0 Å². The van der Waals surface area contributed by atoms with E-state index in [1.54, 1.807) is 32.7 Å². The molecule has 12 heteroatoms. The van der Waals surface area contributed by atoms with Crippen molar-refractivity contribution < 1.29 is 32.1 Å². The molecule has 2 fully saturated rings. The molecule has 190 valence electrons. The van der Waals surface area contributed by atoms with Crippen molar-refractivity contribution >= 4 is 27.8 Å². The molecule has 0 saturated carbocycles. The van der Waals surface area contributed by atoms with Crippen molar-refractivity contribution in [2.75, 3.05) is 46.4 Å². The summed E-state index contributed by atoms with van der Waals surface area (Å²) in [6.45, 7) is 6.39. The lowest BCUT2D eigenvalue weighted by Gasteiger charge is -2.34. The monoisotopic (exact) mass is 498 g/mol. The summed E-state index contributed by atoms with van der Waals surface area (Å²) >= 11 is 0. The minimum Gasteiger partial charge on any atom is -0.466 e. The number of aryl methyl sites for hydroxylation is 2. The highest BCUT2D eigenvalue weighted by molar-refractivity contribution is 7.89. The SMILES string of the molecule is CCOC(=O)C1CCCN(C(=O)CN(C)C(=O)C2CCN(S(=O)(=O)c3c(C)noc3C)CC2)C1. The summed E-state index contributed by atoms with van der Waals surface area (Å²) in [6.07, 6.45) is 2.14. The van der Waals surface area contributed by atoms with Gasteiger partial charge < -0.3 is 19.1 Å². The maximum atomic E-state index is 13.0. The third-order valence-electron chi connectivity index (χ3n) is 6.51. The van der Waals surface area contributed by atoms with Crippen LogP contribution in [-0.4, -0.2) is 91.8 Å². The summed E-state index contributed by atoms with van der Waals surface area (Å²) in [5.41, 5.74) is 0.317. The highest BCUT2D eigenvalue weighted by Gasteiger charge is 2.37. The van der Waals surface area contributed by atoms with Gasteiger partial charge in [-0.2, -0.15) is 4.31 Å². The molecule has 2 amide bonds. The Bertz CT molecular complexity index is 995. The molecule has 0 N–H and O–H groups in total. The van der Waals surface area contributed by atoms with Crippen molar-refractivity contribution in [3.8, 4) is 0 Å². The van der Waals surface area contributed by atoms with E-state index in [0.717, 1.165) is 0 Å². The van der Waals surface area contributed by atoms with Gasteiger partial charge in [-0.05, 0) is 46.5 Å². The highest BCUT2D eigenvalue weighted by atomic mass is 32.2. The van der Waals surface area contributed by atoms with Crippen molar-refractivity contribution in [3.05, 3.63) is 11.5 Å². The number of ether oxygens (including phenoxy) is 1. The van der Waals surface area contributed by atoms with Gasteiger partial charge in [0.25, 0.3) is 0 Å². The van der Waals surface area contributed by atoms with Crippen LogP contribution in [0.4, 0.5) is 0 Å². The second-order valence-corrected chi connectivity index (χ2v) is 10.8. The van der Waals surface area contributed by atoms with E-state index < -0.39 is 10.0 Å². The van der Waals surface area contributed by atoms with Crippen molar-refractivity contribution in [1.82, 2.24) is 19.3 Å². The van der Waals surface area contributed by atoms with Crippen LogP contribution in [0.3, 0.4) is 0 Å². The second kappa shape index (κ2) is 10.9. The maximum absolute atomic E-state index is 13.0. The van der Waals surface area contributed by atoms with Crippen LogP contribution < -0.4 is 0 Å². The van der Waals surface area contributed by atoms with Gasteiger partial charge in [0.05, 0.1) is 19.1 Å². The highest BCUT2D eigenvalue weighted by Crippen LogP contribution is 2.28. The zero-order chi connectivity index (χ0) is 25.0. The molecule has 0 spiro atoms. The van der Waals surface area contributed by atoms with Crippen LogP contribution in [0, 0.1) is 25.7 Å². The van der Waals surface area contributed by atoms with Gasteiger partial charge in [0, 0.05) is 39.1 Å². The van der Waals surface area contributed by atoms with Crippen LogP contribution in [0.25, 0.3) is 0 Å². The average molecular weight is 499 g/mol. The molecule has 1 unspecified atom stereocenters. The first-order valence-corrected chi connectivity index (χ1v) is 13.1. The van der Waals surface area contributed by atoms with Gasteiger partial charge in [-0.1, -0.05) is 5.16 Å². The summed E-state index contributed by atoms with van der Waals surface area (Å²) < 4.78 is 37.4. The number of carbonyl (C=O) groups is 3. The molecule has 2 aliphatic rings. The number of piperidine rings is 2. The fraction of sp³-hybridized carbons (Fsp3) is 0.727. The Morgan fingerprint density at radius 2 is 1.79 bits per heavy atom. The summed E-state index contributed by atoms with van der Waals surface area (Å²) in [4.78, 5) is 40.9. The summed E-state index contributed by atoms with van der Waals surface area (Å²) in [7, 11) is -2.16. The van der Waals surface area contributed by atoms with E-state index in [2.05, 4.69) is 5.16 Å². The van der Waals surface area contributed by atoms with Crippen molar-refractivity contribution in [1.29, 1.82) is 0 Å². The molecule has 0 radical (unpaired) electrons. The number of hydrogen-bond acceptors (Lipinski definition) is 8. The Morgan fingerprint density at radius 1 is 1.12 bits per heavy atom. The first-order chi connectivity index (χ1) is 16.1. The van der Waals surface area contributed by atoms with E-state index in [1.165, 1.54) is 9.21 Å². The van der Waals surface area contributed by atoms with Gasteiger partial charge in [0.2, 0.25) is 21.8 Å². The predicted octanol–water partition coefficient (Wildman–Crippen LogP) is 0.952. The number of carbonyl (C=O) groups excluding carboxylic acids is 3. The van der Waals surface area contributed by atoms with Gasteiger partial charge in [0.15, 0.2) is 5.76 Å². The molecule has 34 heavy (non-hydrogen) atoms. The molecule has 3 heterocycles. The summed E-state index contributed by atoms with van der Waals surface area (Å²) in [5, 5.41) is 3.73. The van der Waals surface area contributed by atoms with Crippen molar-refractivity contribution in [2.24, 2.45) is 11.8 Å². The Morgan fingerprint density at radius 3 is 2.38 bits per heavy atom. The number of rotatable bonds is 7. The third kappa shape index (κ3) is 5.60. The molecule has 0 aromatic carbocycles. The number of sulfonamides is 1. The topological polar surface area (TPSA) is 130 Å². The van der Waals surface area contributed by atoms with Crippen LogP contribution in [0.2, 0.25) is 0 Å². The fourth-order valence-corrected chi connectivity index (χ4v) is 6.42. The van der Waals surface area contributed by atoms with E-state index in [9.17, 15) is 22.8 Å². The molecule has 0 bridgehead atoms. The molecule has 11 nitrogen and oxygen atoms in total. The second-order valence-electron chi connectivity index (χ2n) is 8.96. The molecular formula is C22H34N4O7S. The van der Waals surface area contributed by atoms with E-state index in [1.807, 2.05) is 0 Å². The quantitative estimate of drug-likeness (QED) is 0.508. The normalized spacial score (nSPS) is 20.2. The number of likely N-dealkylation sites (tertiary alicyclic amines) is 1. The number of nitrogens with zero attached hydrogens (tertiary/aromatic N) is 4. The number of amides is 2. The van der Waals surface area contributed by atoms with E-state index in [4.69, 9.17) is 9.26 Å². The van der Waals surface area contributed by atoms with Crippen LogP contribution in [0.15, 0.2) is 9.42 Å². The number of hydrogen-bond donors (Lipinski definition) is 0. The molecule has 1 atom stereocenters. The van der Waals surface area contributed by atoms with Crippen LogP contribution in [-0.2, 0) is 29.1 Å². The zero-order valence-corrected chi connectivity index (χ0v) is 21.1. The smallest absolute Gasteiger partial charge is 0.310 e. The average Bonchev–Trinajstić information content (AvgIpc) is 3.17. The van der Waals surface area contributed by atoms with Crippen molar-refractivity contribution in [2.45, 2.75) is 51.3 Å². The lowest BCUT2D eigenvalue weighted by molar-refractivity contribution is -0.152. The zero-order valence-electron chi connectivity index (χ0n) is 20.3. The maximum Gasteiger partial charge on any atom is 0.310 e. The molecule has 2 aliphatic heterocycles. The van der Waals surface area contributed by atoms with Crippen LogP contribution in [0.1, 0.15) is 44.1 Å². The minimum atomic E-state index is -3.75. The molecule has 2 saturated heterocycles. The predicted molar refractivity (Wildman–Crippen MR) is 121 cm³/mol. The van der Waals surface area contributed by atoms with Gasteiger partial charge in [-0.15, -0.1) is 0 Å². The van der Waals surface area contributed by atoms with Gasteiger partial charge in [-0.25, -0.2) is 8.42 Å². The third-order valence-corrected chi connectivity index (χ3v) is 8.66. The molecule has 1 aromatic rings. The Kier molecular flexibility index (Phi) is 8.34. The number of likely N-dealkylation sites (N-methyl/N-ethyl adjacent to an activating group) is 1. The lowest BCUT2D eigenvalue weighted by atomic mass is 9.96. The van der Waals surface area contributed by atoms with E-state index in [-0.39, 0.29) is 59.9 Å². The summed E-state index contributed by atoms with van der Waals surface area (Å²) in [6, 6.07) is 0. The molecule has 0 aliphatic carbocycles. The Labute approximate surface area is 200 Å². The standard InChI is InChI=1S/C22H34N4O7S/c1-5-32-22(29)18-7-6-10-25(13-18)19(27)14-24(4)21(28)17-8-11-26(12-9-17)34(30,31)20-15(2)23-33-16(20)3/h17-18H,5-14H2,1-4H3. The van der Waals surface area contributed by atoms with Crippen LogP contribution >= 0.6 is 0 Å². The lowest BCUT2D eigenvalue weighted by Crippen LogP contribution is -2.49. The molecular weight excluding hydrogens is 464 g/mol. The first kappa shape index (κ1) is 26.1. The Balaban J connectivity index is 1.53. The number of esters is 1. The van der Waals surface area contributed by atoms with E-state index in [0.29, 0.717) is 51.1 Å². The first-order valence-electron chi connectivity index (χ1n) is 11.7. The van der Waals surface area contributed by atoms with E-state index >= 15 is 0 Å². The number of aromatic nitrogens is 1. The fourth-order valence-electron chi connectivity index (χ4n) is 4.66. The minimum absolute atomic E-state index is 0.0774. The molecule has 3 rings (SSSR count). The van der Waals surface area contributed by atoms with Crippen LogP contribution in [0.5, 0.6) is 0 Å². The summed E-state index contributed by atoms with van der Waals surface area (Å²) in [5.74, 6) is -1.12. The van der Waals surface area contributed by atoms with Gasteiger partial charge in [-0.3, -0.25) is 14.4 Å². The molecule has 1 aromatic heterocycles.